The standard InChI is InChI=1S/C26H28N4O2/c1-2-9-26(32-20-23-7-3-4-10-27-23)22(6-1)18-29-14-15-31-19-21(17-29)16-24-25-8-5-12-30(25)13-11-28-24/h1-13,21H,14-20H2. The van der Waals surface area contributed by atoms with E-state index in [0.29, 0.717) is 12.5 Å². The molecule has 0 radical (unpaired) electrons. The minimum absolute atomic E-state index is 0.396. The number of nitrogens with zero attached hydrogens (tertiary/aromatic N) is 4. The number of aromatic nitrogens is 3. The summed E-state index contributed by atoms with van der Waals surface area (Å²) in [4.78, 5) is 11.5. The monoisotopic (exact) mass is 428 g/mol. The van der Waals surface area contributed by atoms with E-state index in [0.717, 1.165) is 56.4 Å². The van der Waals surface area contributed by atoms with E-state index in [9.17, 15) is 0 Å². The van der Waals surface area contributed by atoms with Crippen molar-refractivity contribution in [2.75, 3.05) is 26.3 Å². The lowest BCUT2D eigenvalue weighted by molar-refractivity contribution is 0.121. The molecule has 4 aromatic rings. The van der Waals surface area contributed by atoms with E-state index in [1.807, 2.05) is 42.7 Å². The molecule has 1 saturated heterocycles. The number of fused-ring (bicyclic) bond motifs is 1. The third kappa shape index (κ3) is 4.98. The summed E-state index contributed by atoms with van der Waals surface area (Å²) in [6.07, 6.45) is 8.65. The predicted molar refractivity (Wildman–Crippen MR) is 123 cm³/mol. The Morgan fingerprint density at radius 2 is 1.91 bits per heavy atom. The molecule has 6 nitrogen and oxygen atoms in total. The maximum absolute atomic E-state index is 6.12. The average Bonchev–Trinajstić information content (AvgIpc) is 3.21. The van der Waals surface area contributed by atoms with E-state index in [4.69, 9.17) is 9.47 Å². The first-order valence-corrected chi connectivity index (χ1v) is 11.2. The van der Waals surface area contributed by atoms with Crippen molar-refractivity contribution in [1.82, 2.24) is 19.3 Å². The Morgan fingerprint density at radius 3 is 2.84 bits per heavy atom. The third-order valence-corrected chi connectivity index (χ3v) is 5.90. The van der Waals surface area contributed by atoms with Crippen molar-refractivity contribution >= 4 is 5.52 Å². The van der Waals surface area contributed by atoms with Crippen LogP contribution < -0.4 is 4.74 Å². The highest BCUT2D eigenvalue weighted by atomic mass is 16.5. The van der Waals surface area contributed by atoms with E-state index in [-0.39, 0.29) is 0 Å². The van der Waals surface area contributed by atoms with E-state index in [2.05, 4.69) is 49.7 Å². The quantitative estimate of drug-likeness (QED) is 0.445. The van der Waals surface area contributed by atoms with Gasteiger partial charge in [0.25, 0.3) is 0 Å². The Kier molecular flexibility index (Phi) is 6.42. The number of rotatable bonds is 7. The number of hydrogen-bond acceptors (Lipinski definition) is 5. The highest BCUT2D eigenvalue weighted by molar-refractivity contribution is 5.52. The smallest absolute Gasteiger partial charge is 0.130 e. The van der Waals surface area contributed by atoms with Crippen LogP contribution in [0.2, 0.25) is 0 Å². The molecule has 4 heterocycles. The van der Waals surface area contributed by atoms with Crippen molar-refractivity contribution in [1.29, 1.82) is 0 Å². The van der Waals surface area contributed by atoms with Gasteiger partial charge < -0.3 is 13.9 Å². The number of ether oxygens (including phenoxy) is 2. The van der Waals surface area contributed by atoms with Crippen molar-refractivity contribution in [3.63, 3.8) is 0 Å². The van der Waals surface area contributed by atoms with Gasteiger partial charge in [0.05, 0.1) is 30.1 Å². The Bertz CT molecular complexity index is 1140. The molecule has 1 aliphatic rings. The lowest BCUT2D eigenvalue weighted by Gasteiger charge is -2.24. The molecule has 0 bridgehead atoms. The topological polar surface area (TPSA) is 51.9 Å². The van der Waals surface area contributed by atoms with Crippen LogP contribution in [0.15, 0.2) is 79.4 Å². The molecule has 5 rings (SSSR count). The number of benzene rings is 1. The highest BCUT2D eigenvalue weighted by Crippen LogP contribution is 2.23. The molecule has 1 unspecified atom stereocenters. The van der Waals surface area contributed by atoms with E-state index in [1.165, 1.54) is 11.1 Å². The summed E-state index contributed by atoms with van der Waals surface area (Å²) in [7, 11) is 0. The molecule has 1 fully saturated rings. The van der Waals surface area contributed by atoms with Crippen LogP contribution in [0.5, 0.6) is 5.75 Å². The Labute approximate surface area is 188 Å². The lowest BCUT2D eigenvalue weighted by Crippen LogP contribution is -2.30. The second kappa shape index (κ2) is 9.94. The molecule has 1 aromatic carbocycles. The predicted octanol–water partition coefficient (Wildman–Crippen LogP) is 4.00. The summed E-state index contributed by atoms with van der Waals surface area (Å²) in [5, 5.41) is 0. The number of para-hydroxylation sites is 1. The van der Waals surface area contributed by atoms with Gasteiger partial charge >= 0.3 is 0 Å². The average molecular weight is 429 g/mol. The molecular formula is C26H28N4O2. The van der Waals surface area contributed by atoms with Crippen LogP contribution in [-0.2, 0) is 24.3 Å². The molecule has 0 amide bonds. The van der Waals surface area contributed by atoms with Crippen molar-refractivity contribution in [3.8, 4) is 5.75 Å². The van der Waals surface area contributed by atoms with E-state index >= 15 is 0 Å². The van der Waals surface area contributed by atoms with Gasteiger partial charge in [0.1, 0.15) is 12.4 Å². The lowest BCUT2D eigenvalue weighted by atomic mass is 10.0. The van der Waals surface area contributed by atoms with Gasteiger partial charge in [-0.25, -0.2) is 0 Å². The summed E-state index contributed by atoms with van der Waals surface area (Å²) in [6, 6.07) is 18.4. The van der Waals surface area contributed by atoms with Crippen molar-refractivity contribution in [2.24, 2.45) is 5.92 Å². The van der Waals surface area contributed by atoms with Gasteiger partial charge in [0.2, 0.25) is 0 Å². The molecule has 0 N–H and O–H groups in total. The van der Waals surface area contributed by atoms with E-state index in [1.54, 1.807) is 6.20 Å². The zero-order valence-electron chi connectivity index (χ0n) is 18.1. The van der Waals surface area contributed by atoms with Crippen molar-refractivity contribution in [3.05, 3.63) is 96.3 Å². The molecule has 6 heteroatoms. The molecular weight excluding hydrogens is 400 g/mol. The van der Waals surface area contributed by atoms with Gasteiger partial charge in [-0.2, -0.15) is 0 Å². The third-order valence-electron chi connectivity index (χ3n) is 5.90. The van der Waals surface area contributed by atoms with Crippen LogP contribution in [0.4, 0.5) is 0 Å². The van der Waals surface area contributed by atoms with Gasteiger partial charge in [-0.1, -0.05) is 24.3 Å². The van der Waals surface area contributed by atoms with E-state index < -0.39 is 0 Å². The summed E-state index contributed by atoms with van der Waals surface area (Å²) < 4.78 is 14.2. The minimum Gasteiger partial charge on any atom is -0.487 e. The number of hydrogen-bond donors (Lipinski definition) is 0. The van der Waals surface area contributed by atoms with Gasteiger partial charge in [-0.3, -0.25) is 14.9 Å². The molecule has 3 aromatic heterocycles. The maximum atomic E-state index is 6.12. The van der Waals surface area contributed by atoms with Crippen LogP contribution in [0.1, 0.15) is 17.0 Å². The summed E-state index contributed by atoms with van der Waals surface area (Å²) in [5.41, 5.74) is 4.43. The molecule has 164 valence electrons. The van der Waals surface area contributed by atoms with Crippen LogP contribution >= 0.6 is 0 Å². The molecule has 0 saturated carbocycles. The summed E-state index contributed by atoms with van der Waals surface area (Å²) in [5.74, 6) is 1.31. The van der Waals surface area contributed by atoms with Crippen molar-refractivity contribution < 1.29 is 9.47 Å². The Morgan fingerprint density at radius 1 is 0.969 bits per heavy atom. The summed E-state index contributed by atoms with van der Waals surface area (Å²) in [6.45, 7) is 4.69. The molecule has 1 aliphatic heterocycles. The first-order valence-electron chi connectivity index (χ1n) is 11.2. The fourth-order valence-electron chi connectivity index (χ4n) is 4.33. The van der Waals surface area contributed by atoms with Gasteiger partial charge in [0, 0.05) is 55.9 Å². The second-order valence-electron chi connectivity index (χ2n) is 8.27. The molecule has 32 heavy (non-hydrogen) atoms. The normalized spacial score (nSPS) is 17.3. The van der Waals surface area contributed by atoms with Gasteiger partial charge in [-0.05, 0) is 36.8 Å². The molecule has 0 aliphatic carbocycles. The first-order chi connectivity index (χ1) is 15.8. The van der Waals surface area contributed by atoms with Crippen molar-refractivity contribution in [2.45, 2.75) is 19.6 Å². The summed E-state index contributed by atoms with van der Waals surface area (Å²) >= 11 is 0. The maximum Gasteiger partial charge on any atom is 0.130 e. The molecule has 1 atom stereocenters. The van der Waals surface area contributed by atoms with Crippen LogP contribution in [0.3, 0.4) is 0 Å². The largest absolute Gasteiger partial charge is 0.487 e. The zero-order valence-corrected chi connectivity index (χ0v) is 18.1. The highest BCUT2D eigenvalue weighted by Gasteiger charge is 2.21. The van der Waals surface area contributed by atoms with Crippen LogP contribution in [0, 0.1) is 5.92 Å². The fraction of sp³-hybridized carbons (Fsp3) is 0.308. The van der Waals surface area contributed by atoms with Gasteiger partial charge in [-0.15, -0.1) is 0 Å². The SMILES string of the molecule is c1ccc(COc2ccccc2CN2CCOCC(Cc3nccn4cccc34)C2)nc1. The molecule has 0 spiro atoms. The van der Waals surface area contributed by atoms with Crippen LogP contribution in [-0.4, -0.2) is 45.6 Å². The van der Waals surface area contributed by atoms with Gasteiger partial charge in [0.15, 0.2) is 0 Å². The first kappa shape index (κ1) is 20.7. The number of pyridine rings is 1. The fourth-order valence-corrected chi connectivity index (χ4v) is 4.33. The Hall–Kier alpha value is -3.22. The second-order valence-corrected chi connectivity index (χ2v) is 8.27. The van der Waals surface area contributed by atoms with Crippen LogP contribution in [0.25, 0.3) is 5.52 Å². The zero-order chi connectivity index (χ0) is 21.6. The Balaban J connectivity index is 1.26. The minimum atomic E-state index is 0.396.